The van der Waals surface area contributed by atoms with Crippen molar-refractivity contribution in [3.8, 4) is 45.0 Å². The lowest BCUT2D eigenvalue weighted by Gasteiger charge is -2.15. The molecule has 0 aliphatic rings. The van der Waals surface area contributed by atoms with E-state index in [0.29, 0.717) is 5.89 Å². The van der Waals surface area contributed by atoms with Crippen molar-refractivity contribution < 1.29 is 4.42 Å². The van der Waals surface area contributed by atoms with E-state index in [1.165, 1.54) is 27.1 Å². The number of pyridine rings is 1. The van der Waals surface area contributed by atoms with Crippen molar-refractivity contribution in [2.75, 3.05) is 0 Å². The summed E-state index contributed by atoms with van der Waals surface area (Å²) in [4.78, 5) is 9.45. The summed E-state index contributed by atoms with van der Waals surface area (Å²) < 4.78 is 6.28. The van der Waals surface area contributed by atoms with Gasteiger partial charge in [-0.1, -0.05) is 84.9 Å². The van der Waals surface area contributed by atoms with E-state index in [2.05, 4.69) is 102 Å². The highest BCUT2D eigenvalue weighted by Gasteiger charge is 2.16. The average Bonchev–Trinajstić information content (AvgIpc) is 3.49. The Bertz CT molecular complexity index is 2130. The van der Waals surface area contributed by atoms with Crippen molar-refractivity contribution in [2.45, 2.75) is 0 Å². The number of rotatable bonds is 4. The maximum absolute atomic E-state index is 6.28. The predicted octanol–water partition coefficient (Wildman–Crippen LogP) is 10.2. The summed E-state index contributed by atoms with van der Waals surface area (Å²) in [5.41, 5.74) is 9.12. The van der Waals surface area contributed by atoms with Gasteiger partial charge in [-0.3, -0.25) is 4.98 Å². The molecule has 192 valence electrons. The van der Waals surface area contributed by atoms with Crippen molar-refractivity contribution >= 4 is 32.6 Å². The van der Waals surface area contributed by atoms with Crippen LogP contribution in [0, 0.1) is 0 Å². The third kappa shape index (κ3) is 4.16. The normalized spacial score (nSPS) is 11.4. The molecule has 6 aromatic carbocycles. The Morgan fingerprint density at radius 1 is 0.463 bits per heavy atom. The number of hydrogen-bond acceptors (Lipinski definition) is 3. The zero-order valence-corrected chi connectivity index (χ0v) is 22.2. The lowest BCUT2D eigenvalue weighted by molar-refractivity contribution is 0.620. The van der Waals surface area contributed by atoms with Gasteiger partial charge in [-0.2, -0.15) is 0 Å². The second-order valence-electron chi connectivity index (χ2n) is 10.3. The fraction of sp³-hybridized carbons (Fsp3) is 0. The largest absolute Gasteiger partial charge is 0.436 e. The first-order valence-corrected chi connectivity index (χ1v) is 13.7. The Hall–Kier alpha value is -5.54. The van der Waals surface area contributed by atoms with Gasteiger partial charge in [0.15, 0.2) is 5.58 Å². The number of aromatic nitrogens is 2. The molecule has 0 saturated heterocycles. The van der Waals surface area contributed by atoms with Crippen molar-refractivity contribution in [1.82, 2.24) is 9.97 Å². The molecule has 0 aliphatic carbocycles. The van der Waals surface area contributed by atoms with Crippen LogP contribution in [0.3, 0.4) is 0 Å². The highest BCUT2D eigenvalue weighted by atomic mass is 16.3. The average molecular weight is 525 g/mol. The molecule has 3 heteroatoms. The summed E-state index contributed by atoms with van der Waals surface area (Å²) >= 11 is 0. The first kappa shape index (κ1) is 23.4. The predicted molar refractivity (Wildman–Crippen MR) is 169 cm³/mol. The molecule has 2 aromatic heterocycles. The number of benzene rings is 6. The van der Waals surface area contributed by atoms with Gasteiger partial charge in [0.05, 0.1) is 5.69 Å². The van der Waals surface area contributed by atoms with Crippen LogP contribution in [0.25, 0.3) is 77.6 Å². The van der Waals surface area contributed by atoms with Gasteiger partial charge < -0.3 is 4.42 Å². The minimum atomic E-state index is 0.611. The zero-order chi connectivity index (χ0) is 27.2. The molecule has 0 bridgehead atoms. The van der Waals surface area contributed by atoms with E-state index in [1.54, 1.807) is 0 Å². The summed E-state index contributed by atoms with van der Waals surface area (Å²) in [6.45, 7) is 0. The van der Waals surface area contributed by atoms with E-state index >= 15 is 0 Å². The first-order valence-electron chi connectivity index (χ1n) is 13.7. The van der Waals surface area contributed by atoms with Crippen LogP contribution in [0.2, 0.25) is 0 Å². The Morgan fingerprint density at radius 3 is 1.90 bits per heavy atom. The van der Waals surface area contributed by atoms with E-state index in [1.807, 2.05) is 48.7 Å². The Balaban J connectivity index is 1.41. The molecular formula is C38H24N2O. The maximum Gasteiger partial charge on any atom is 0.227 e. The van der Waals surface area contributed by atoms with Crippen molar-refractivity contribution in [3.63, 3.8) is 0 Å². The summed E-state index contributed by atoms with van der Waals surface area (Å²) in [5.74, 6) is 0.611. The van der Waals surface area contributed by atoms with Gasteiger partial charge in [0.25, 0.3) is 0 Å². The molecular weight excluding hydrogens is 500 g/mol. The van der Waals surface area contributed by atoms with Gasteiger partial charge in [-0.05, 0) is 98.4 Å². The van der Waals surface area contributed by atoms with E-state index in [4.69, 9.17) is 9.40 Å². The number of nitrogens with zero attached hydrogens (tertiary/aromatic N) is 2. The molecule has 0 unspecified atom stereocenters. The lowest BCUT2D eigenvalue weighted by Crippen LogP contribution is -1.90. The fourth-order valence-electron chi connectivity index (χ4n) is 5.77. The van der Waals surface area contributed by atoms with Crippen LogP contribution in [-0.2, 0) is 0 Å². The molecule has 0 atom stereocenters. The van der Waals surface area contributed by atoms with Crippen LogP contribution in [0.1, 0.15) is 0 Å². The number of fused-ring (bicyclic) bond motifs is 3. The molecule has 8 aromatic rings. The third-order valence-electron chi connectivity index (χ3n) is 7.69. The van der Waals surface area contributed by atoms with Gasteiger partial charge in [0.1, 0.15) is 5.52 Å². The highest BCUT2D eigenvalue weighted by Crippen LogP contribution is 2.40. The molecule has 0 radical (unpaired) electrons. The van der Waals surface area contributed by atoms with Crippen LogP contribution in [-0.4, -0.2) is 9.97 Å². The summed E-state index contributed by atoms with van der Waals surface area (Å²) in [6.07, 6.45) is 1.83. The van der Waals surface area contributed by atoms with Gasteiger partial charge >= 0.3 is 0 Å². The van der Waals surface area contributed by atoms with E-state index in [9.17, 15) is 0 Å². The van der Waals surface area contributed by atoms with Gasteiger partial charge in [0.2, 0.25) is 5.89 Å². The molecule has 0 saturated carbocycles. The van der Waals surface area contributed by atoms with Crippen LogP contribution in [0.15, 0.2) is 150 Å². The summed E-state index contributed by atoms with van der Waals surface area (Å²) in [7, 11) is 0. The Labute approximate surface area is 237 Å². The van der Waals surface area contributed by atoms with E-state index in [0.717, 1.165) is 44.6 Å². The summed E-state index contributed by atoms with van der Waals surface area (Å²) in [6, 6.07) is 48.7. The van der Waals surface area contributed by atoms with Crippen molar-refractivity contribution in [1.29, 1.82) is 0 Å². The number of oxazole rings is 1. The zero-order valence-electron chi connectivity index (χ0n) is 22.2. The Kier molecular flexibility index (Phi) is 5.46. The molecule has 0 aliphatic heterocycles. The maximum atomic E-state index is 6.28. The van der Waals surface area contributed by atoms with Crippen LogP contribution in [0.5, 0.6) is 0 Å². The molecule has 0 spiro atoms. The van der Waals surface area contributed by atoms with Crippen LogP contribution >= 0.6 is 0 Å². The van der Waals surface area contributed by atoms with Crippen LogP contribution < -0.4 is 0 Å². The van der Waals surface area contributed by atoms with Gasteiger partial charge in [-0.15, -0.1) is 0 Å². The smallest absolute Gasteiger partial charge is 0.227 e. The first-order chi connectivity index (χ1) is 20.3. The molecule has 0 N–H and O–H groups in total. The molecule has 0 amide bonds. The minimum absolute atomic E-state index is 0.611. The second-order valence-corrected chi connectivity index (χ2v) is 10.3. The number of para-hydroxylation sites is 2. The Morgan fingerprint density at radius 2 is 1.12 bits per heavy atom. The van der Waals surface area contributed by atoms with E-state index in [-0.39, 0.29) is 0 Å². The molecule has 2 heterocycles. The van der Waals surface area contributed by atoms with Gasteiger partial charge in [0, 0.05) is 17.3 Å². The highest BCUT2D eigenvalue weighted by molar-refractivity contribution is 6.13. The monoisotopic (exact) mass is 524 g/mol. The minimum Gasteiger partial charge on any atom is -0.436 e. The summed E-state index contributed by atoms with van der Waals surface area (Å²) in [5, 5.41) is 4.86. The topological polar surface area (TPSA) is 38.9 Å². The molecule has 41 heavy (non-hydrogen) atoms. The second kappa shape index (κ2) is 9.58. The van der Waals surface area contributed by atoms with Crippen molar-refractivity contribution in [2.24, 2.45) is 0 Å². The molecule has 3 nitrogen and oxygen atoms in total. The quantitative estimate of drug-likeness (QED) is 0.215. The van der Waals surface area contributed by atoms with Crippen LogP contribution in [0.4, 0.5) is 0 Å². The van der Waals surface area contributed by atoms with E-state index < -0.39 is 0 Å². The SMILES string of the molecule is c1ccc(-c2cccc(-c3cc(-c4nc5ccccc5o4)cc(-c4c5ccccc5cc5ccccc45)c3)c2)nc1. The molecule has 0 fully saturated rings. The van der Waals surface area contributed by atoms with Crippen molar-refractivity contribution in [3.05, 3.63) is 146 Å². The number of hydrogen-bond donors (Lipinski definition) is 0. The standard InChI is InChI=1S/C38H24N2O/c1-3-14-32-26(10-1)21-27-11-2-4-15-33(27)37(32)30-22-29(25-12-9-13-28(20-25)34-16-7-8-19-39-34)23-31(24-30)38-40-35-17-5-6-18-36(35)41-38/h1-24H. The molecule has 8 rings (SSSR count). The fourth-order valence-corrected chi connectivity index (χ4v) is 5.77. The van der Waals surface area contributed by atoms with Gasteiger partial charge in [-0.25, -0.2) is 4.98 Å². The third-order valence-corrected chi connectivity index (χ3v) is 7.69. The lowest BCUT2D eigenvalue weighted by atomic mass is 9.89.